The van der Waals surface area contributed by atoms with Crippen molar-refractivity contribution in [3.8, 4) is 22.8 Å². The lowest BCUT2D eigenvalue weighted by Gasteiger charge is -2.06. The molecule has 0 saturated carbocycles. The molecule has 1 amide bonds. The molecule has 5 nitrogen and oxygen atoms in total. The molecule has 0 atom stereocenters. The van der Waals surface area contributed by atoms with Gasteiger partial charge in [-0.3, -0.25) is 10.1 Å². The summed E-state index contributed by atoms with van der Waals surface area (Å²) in [7, 11) is 1.63. The van der Waals surface area contributed by atoms with Crippen LogP contribution in [-0.2, 0) is 4.79 Å². The van der Waals surface area contributed by atoms with E-state index in [1.165, 1.54) is 17.4 Å². The summed E-state index contributed by atoms with van der Waals surface area (Å²) in [5, 5.41) is 5.25. The number of hydrogen-bond acceptors (Lipinski definition) is 5. The van der Waals surface area contributed by atoms with Crippen molar-refractivity contribution in [1.29, 1.82) is 0 Å². The Hall–Kier alpha value is -3.12. The van der Waals surface area contributed by atoms with E-state index in [-0.39, 0.29) is 5.91 Å². The Morgan fingerprint density at radius 1 is 1.19 bits per heavy atom. The average molecular weight is 380 g/mol. The zero-order valence-electron chi connectivity index (χ0n) is 15.1. The molecule has 1 N–H and O–H groups in total. The first kappa shape index (κ1) is 18.7. The van der Waals surface area contributed by atoms with Crippen LogP contribution in [-0.4, -0.2) is 24.6 Å². The molecule has 1 heterocycles. The molecule has 0 radical (unpaired) electrons. The molecule has 0 saturated heterocycles. The standard InChI is InChI=1S/C21H20N2O3S/c1-3-26-19-7-5-4-6-16(19)10-13-20(24)23-21-22-18(14-27-21)15-8-11-17(25-2)12-9-15/h4-14H,3H2,1-2H3,(H,22,23,24)/b13-10+. The number of nitrogens with one attached hydrogen (secondary N) is 1. The van der Waals surface area contributed by atoms with Crippen molar-refractivity contribution in [2.45, 2.75) is 6.92 Å². The summed E-state index contributed by atoms with van der Waals surface area (Å²) in [6.07, 6.45) is 3.21. The van der Waals surface area contributed by atoms with Crippen LogP contribution in [0.15, 0.2) is 60.0 Å². The third-order valence-electron chi connectivity index (χ3n) is 3.75. The van der Waals surface area contributed by atoms with E-state index in [0.29, 0.717) is 11.7 Å². The van der Waals surface area contributed by atoms with Gasteiger partial charge in [0.25, 0.3) is 0 Å². The number of para-hydroxylation sites is 1. The predicted molar refractivity (Wildman–Crippen MR) is 109 cm³/mol. The number of carbonyl (C=O) groups is 1. The van der Waals surface area contributed by atoms with Crippen LogP contribution in [0.2, 0.25) is 0 Å². The number of ether oxygens (including phenoxy) is 2. The van der Waals surface area contributed by atoms with Crippen LogP contribution in [0.25, 0.3) is 17.3 Å². The largest absolute Gasteiger partial charge is 0.497 e. The van der Waals surface area contributed by atoms with Gasteiger partial charge in [0.1, 0.15) is 11.5 Å². The minimum atomic E-state index is -0.239. The van der Waals surface area contributed by atoms with Gasteiger partial charge in [-0.05, 0) is 43.3 Å². The molecule has 0 fully saturated rings. The number of anilines is 1. The summed E-state index contributed by atoms with van der Waals surface area (Å²) in [4.78, 5) is 16.7. The minimum Gasteiger partial charge on any atom is -0.497 e. The zero-order chi connectivity index (χ0) is 19.1. The van der Waals surface area contributed by atoms with E-state index in [0.717, 1.165) is 28.3 Å². The van der Waals surface area contributed by atoms with Gasteiger partial charge in [-0.25, -0.2) is 4.98 Å². The van der Waals surface area contributed by atoms with Crippen molar-refractivity contribution < 1.29 is 14.3 Å². The molecule has 0 aliphatic heterocycles. The third-order valence-corrected chi connectivity index (χ3v) is 4.51. The Balaban J connectivity index is 1.65. The number of hydrogen-bond donors (Lipinski definition) is 1. The van der Waals surface area contributed by atoms with Gasteiger partial charge in [0.05, 0.1) is 19.4 Å². The Bertz CT molecular complexity index is 933. The highest BCUT2D eigenvalue weighted by atomic mass is 32.1. The number of rotatable bonds is 7. The lowest BCUT2D eigenvalue weighted by atomic mass is 10.2. The van der Waals surface area contributed by atoms with E-state index in [1.807, 2.05) is 60.8 Å². The lowest BCUT2D eigenvalue weighted by Crippen LogP contribution is -2.07. The highest BCUT2D eigenvalue weighted by Gasteiger charge is 2.07. The van der Waals surface area contributed by atoms with Crippen molar-refractivity contribution in [3.05, 3.63) is 65.6 Å². The molecule has 27 heavy (non-hydrogen) atoms. The first-order chi connectivity index (χ1) is 13.2. The molecule has 6 heteroatoms. The van der Waals surface area contributed by atoms with E-state index in [2.05, 4.69) is 10.3 Å². The average Bonchev–Trinajstić information content (AvgIpc) is 3.16. The van der Waals surface area contributed by atoms with Gasteiger partial charge in [-0.1, -0.05) is 18.2 Å². The topological polar surface area (TPSA) is 60.5 Å². The quantitative estimate of drug-likeness (QED) is 0.594. The fourth-order valence-electron chi connectivity index (χ4n) is 2.44. The maximum Gasteiger partial charge on any atom is 0.250 e. The van der Waals surface area contributed by atoms with Gasteiger partial charge < -0.3 is 9.47 Å². The maximum absolute atomic E-state index is 12.2. The fraction of sp³-hybridized carbons (Fsp3) is 0.143. The van der Waals surface area contributed by atoms with E-state index in [4.69, 9.17) is 9.47 Å². The first-order valence-corrected chi connectivity index (χ1v) is 9.38. The highest BCUT2D eigenvalue weighted by Crippen LogP contribution is 2.26. The molecule has 1 aromatic heterocycles. The predicted octanol–water partition coefficient (Wildman–Crippen LogP) is 4.87. The molecule has 3 aromatic rings. The highest BCUT2D eigenvalue weighted by molar-refractivity contribution is 7.14. The Kier molecular flexibility index (Phi) is 6.22. The van der Waals surface area contributed by atoms with Crippen LogP contribution in [0, 0.1) is 0 Å². The molecule has 0 aliphatic rings. The van der Waals surface area contributed by atoms with Crippen molar-refractivity contribution in [3.63, 3.8) is 0 Å². The van der Waals surface area contributed by atoms with Crippen LogP contribution in [0.3, 0.4) is 0 Å². The summed E-state index contributed by atoms with van der Waals surface area (Å²) >= 11 is 1.38. The summed E-state index contributed by atoms with van der Waals surface area (Å²) < 4.78 is 10.7. The zero-order valence-corrected chi connectivity index (χ0v) is 16.0. The van der Waals surface area contributed by atoms with E-state index in [9.17, 15) is 4.79 Å². The SMILES string of the molecule is CCOc1ccccc1/C=C/C(=O)Nc1nc(-c2ccc(OC)cc2)cs1. The summed E-state index contributed by atoms with van der Waals surface area (Å²) in [5.41, 5.74) is 2.63. The number of methoxy groups -OCH3 is 1. The molecule has 0 bridgehead atoms. The molecular weight excluding hydrogens is 360 g/mol. The van der Waals surface area contributed by atoms with Gasteiger partial charge in [-0.15, -0.1) is 11.3 Å². The molecular formula is C21H20N2O3S. The third kappa shape index (κ3) is 4.95. The van der Waals surface area contributed by atoms with Gasteiger partial charge >= 0.3 is 0 Å². The Labute approximate surface area is 162 Å². The second kappa shape index (κ2) is 9.00. The fourth-order valence-corrected chi connectivity index (χ4v) is 3.17. The normalized spacial score (nSPS) is 10.7. The van der Waals surface area contributed by atoms with Crippen LogP contribution < -0.4 is 14.8 Å². The minimum absolute atomic E-state index is 0.239. The van der Waals surface area contributed by atoms with Crippen LogP contribution in [0.1, 0.15) is 12.5 Å². The van der Waals surface area contributed by atoms with Crippen LogP contribution in [0.5, 0.6) is 11.5 Å². The molecule has 0 unspecified atom stereocenters. The number of carbonyl (C=O) groups excluding carboxylic acids is 1. The van der Waals surface area contributed by atoms with Gasteiger partial charge in [0.15, 0.2) is 5.13 Å². The van der Waals surface area contributed by atoms with Crippen molar-refractivity contribution in [1.82, 2.24) is 4.98 Å². The smallest absolute Gasteiger partial charge is 0.250 e. The lowest BCUT2D eigenvalue weighted by molar-refractivity contribution is -0.111. The first-order valence-electron chi connectivity index (χ1n) is 8.50. The second-order valence-corrected chi connectivity index (χ2v) is 6.42. The maximum atomic E-state index is 12.2. The van der Waals surface area contributed by atoms with E-state index < -0.39 is 0 Å². The van der Waals surface area contributed by atoms with Gasteiger partial charge in [0, 0.05) is 22.6 Å². The van der Waals surface area contributed by atoms with Crippen molar-refractivity contribution >= 4 is 28.5 Å². The Morgan fingerprint density at radius 2 is 1.96 bits per heavy atom. The summed E-state index contributed by atoms with van der Waals surface area (Å²) in [6.45, 7) is 2.50. The van der Waals surface area contributed by atoms with E-state index >= 15 is 0 Å². The summed E-state index contributed by atoms with van der Waals surface area (Å²) in [5.74, 6) is 1.30. The number of thiazole rings is 1. The summed E-state index contributed by atoms with van der Waals surface area (Å²) in [6, 6.07) is 15.2. The number of benzene rings is 2. The van der Waals surface area contributed by atoms with Gasteiger partial charge in [-0.2, -0.15) is 0 Å². The molecule has 0 aliphatic carbocycles. The molecule has 3 rings (SSSR count). The van der Waals surface area contributed by atoms with Crippen molar-refractivity contribution in [2.75, 3.05) is 19.0 Å². The van der Waals surface area contributed by atoms with Crippen molar-refractivity contribution in [2.24, 2.45) is 0 Å². The monoisotopic (exact) mass is 380 g/mol. The second-order valence-electron chi connectivity index (χ2n) is 5.56. The van der Waals surface area contributed by atoms with Crippen LogP contribution >= 0.6 is 11.3 Å². The molecule has 2 aromatic carbocycles. The molecule has 138 valence electrons. The van der Waals surface area contributed by atoms with Crippen LogP contribution in [0.4, 0.5) is 5.13 Å². The number of nitrogens with zero attached hydrogens (tertiary/aromatic N) is 1. The van der Waals surface area contributed by atoms with Gasteiger partial charge in [0.2, 0.25) is 5.91 Å². The number of amides is 1. The number of aromatic nitrogens is 1. The molecule has 0 spiro atoms. The van der Waals surface area contributed by atoms with E-state index in [1.54, 1.807) is 13.2 Å². The Morgan fingerprint density at radius 3 is 2.70 bits per heavy atom.